The molecule has 0 bridgehead atoms. The molecule has 3 N–H and O–H groups in total. The first-order valence-corrected chi connectivity index (χ1v) is 12.5. The zero-order chi connectivity index (χ0) is 28.2. The van der Waals surface area contributed by atoms with Crippen LogP contribution in [0.1, 0.15) is 58.8 Å². The summed E-state index contributed by atoms with van der Waals surface area (Å²) in [4.78, 5) is 11.2. The van der Waals surface area contributed by atoms with Crippen LogP contribution in [0.25, 0.3) is 0 Å². The number of hydrogen-bond donors (Lipinski definition) is 3. The van der Waals surface area contributed by atoms with Gasteiger partial charge in [-0.2, -0.15) is 4.72 Å². The van der Waals surface area contributed by atoms with E-state index >= 15 is 0 Å². The van der Waals surface area contributed by atoms with Gasteiger partial charge in [-0.25, -0.2) is 22.7 Å². The molecule has 0 saturated heterocycles. The van der Waals surface area contributed by atoms with Crippen LogP contribution in [0.2, 0.25) is 10.0 Å². The summed E-state index contributed by atoms with van der Waals surface area (Å²) in [6.45, 7) is -0.249. The Kier molecular flexibility index (Phi) is 5.74. The Hall–Kier alpha value is -2.44. The fourth-order valence-electron chi connectivity index (χ4n) is 4.07. The Morgan fingerprint density at radius 3 is 2.69 bits per heavy atom. The Bertz CT molecular complexity index is 1560. The molecular weight excluding hydrogens is 524 g/mol. The van der Waals surface area contributed by atoms with E-state index in [0.717, 1.165) is 18.2 Å². The van der Waals surface area contributed by atoms with Gasteiger partial charge >= 0.3 is 5.76 Å². The van der Waals surface area contributed by atoms with Crippen molar-refractivity contribution in [3.05, 3.63) is 73.3 Å². The molecule has 0 radical (unpaired) electrons. The number of ether oxygens (including phenoxy) is 1. The van der Waals surface area contributed by atoms with Crippen molar-refractivity contribution in [2.24, 2.45) is 0 Å². The van der Waals surface area contributed by atoms with Gasteiger partial charge in [0, 0.05) is 27.0 Å². The number of aromatic nitrogens is 2. The molecule has 0 aliphatic carbocycles. The molecule has 35 heavy (non-hydrogen) atoms. The van der Waals surface area contributed by atoms with E-state index in [1.807, 2.05) is 5.10 Å². The molecule has 4 rings (SSSR count). The van der Waals surface area contributed by atoms with E-state index in [1.165, 1.54) is 13.0 Å². The maximum absolute atomic E-state index is 14.9. The molecule has 1 aliphatic rings. The highest BCUT2D eigenvalue weighted by atomic mass is 35.5. The van der Waals surface area contributed by atoms with E-state index in [9.17, 15) is 22.7 Å². The van der Waals surface area contributed by atoms with Crippen LogP contribution in [-0.4, -0.2) is 30.3 Å². The number of aromatic amines is 1. The Balaban J connectivity index is 1.86. The summed E-state index contributed by atoms with van der Waals surface area (Å²) in [5.41, 5.74) is -2.51. The van der Waals surface area contributed by atoms with E-state index in [2.05, 4.69) is 9.82 Å². The highest BCUT2D eigenvalue weighted by Gasteiger charge is 2.39. The molecular formula is C22H22Cl2FN3O6S. The van der Waals surface area contributed by atoms with Crippen molar-refractivity contribution in [3.8, 4) is 5.75 Å². The number of benzene rings is 2. The zero-order valence-electron chi connectivity index (χ0n) is 21.4. The molecule has 1 aliphatic heterocycles. The average Bonchev–Trinajstić information content (AvgIpc) is 3.25. The van der Waals surface area contributed by atoms with Crippen molar-refractivity contribution >= 4 is 33.2 Å². The van der Waals surface area contributed by atoms with Crippen molar-refractivity contribution < 1.29 is 31.2 Å². The standard InChI is InChI=1S/C22H22Cl2FN3O6S/c1-10-12(23)4-6-14(25)16(10)11(2)18(20-26-27-21(29)34-20)28-35(31,32)15-7-5-13(24)17-19(15)33-9-8-22(17,3)30/h4-7,11,18,28,30H,8-9H2,1-3H3,(H,27,29)/i3D3. The minimum Gasteiger partial charge on any atom is -0.492 e. The third kappa shape index (κ3) is 4.70. The summed E-state index contributed by atoms with van der Waals surface area (Å²) in [7, 11) is -4.64. The first kappa shape index (κ1) is 21.8. The molecule has 188 valence electrons. The molecule has 2 aromatic carbocycles. The van der Waals surface area contributed by atoms with Crippen LogP contribution < -0.4 is 15.2 Å². The normalized spacial score (nSPS) is 21.3. The van der Waals surface area contributed by atoms with Crippen molar-refractivity contribution in [2.45, 2.75) is 49.6 Å². The van der Waals surface area contributed by atoms with Gasteiger partial charge < -0.3 is 14.3 Å². The summed E-state index contributed by atoms with van der Waals surface area (Å²) in [5.74, 6) is -3.52. The molecule has 9 nitrogen and oxygen atoms in total. The van der Waals surface area contributed by atoms with Gasteiger partial charge in [-0.05, 0) is 49.2 Å². The second-order valence-corrected chi connectivity index (χ2v) is 10.6. The number of sulfonamides is 1. The molecule has 3 unspecified atom stereocenters. The highest BCUT2D eigenvalue weighted by molar-refractivity contribution is 7.89. The van der Waals surface area contributed by atoms with Crippen LogP contribution in [-0.2, 0) is 15.6 Å². The van der Waals surface area contributed by atoms with Gasteiger partial charge in [0.25, 0.3) is 0 Å². The second-order valence-electron chi connectivity index (χ2n) is 8.12. The van der Waals surface area contributed by atoms with E-state index in [1.54, 1.807) is 6.92 Å². The predicted molar refractivity (Wildman–Crippen MR) is 126 cm³/mol. The molecule has 2 heterocycles. The lowest BCUT2D eigenvalue weighted by Gasteiger charge is -2.33. The van der Waals surface area contributed by atoms with Gasteiger partial charge in [-0.15, -0.1) is 5.10 Å². The quantitative estimate of drug-likeness (QED) is 0.424. The predicted octanol–water partition coefficient (Wildman–Crippen LogP) is 3.93. The molecule has 0 amide bonds. The maximum Gasteiger partial charge on any atom is 0.434 e. The number of aliphatic hydroxyl groups is 1. The zero-order valence-corrected chi connectivity index (χ0v) is 20.7. The van der Waals surface area contributed by atoms with Crippen LogP contribution in [0.5, 0.6) is 5.75 Å². The number of fused-ring (bicyclic) bond motifs is 1. The molecule has 3 aromatic rings. The summed E-state index contributed by atoms with van der Waals surface area (Å²) < 4.78 is 78.7. The Morgan fingerprint density at radius 1 is 1.31 bits per heavy atom. The third-order valence-electron chi connectivity index (χ3n) is 5.84. The smallest absolute Gasteiger partial charge is 0.434 e. The molecule has 13 heteroatoms. The second kappa shape index (κ2) is 9.21. The molecule has 0 saturated carbocycles. The minimum atomic E-state index is -4.64. The summed E-state index contributed by atoms with van der Waals surface area (Å²) in [6, 6.07) is 3.21. The Labute approximate surface area is 214 Å². The van der Waals surface area contributed by atoms with Gasteiger partial charge in [0.1, 0.15) is 22.5 Å². The van der Waals surface area contributed by atoms with Crippen molar-refractivity contribution in [1.29, 1.82) is 0 Å². The fourth-order valence-corrected chi connectivity index (χ4v) is 5.96. The minimum absolute atomic E-state index is 0.0435. The van der Waals surface area contributed by atoms with E-state index in [4.69, 9.17) is 36.5 Å². The number of nitrogens with one attached hydrogen (secondary N) is 2. The van der Waals surface area contributed by atoms with Gasteiger partial charge in [0.05, 0.1) is 17.2 Å². The Morgan fingerprint density at radius 2 is 2.03 bits per heavy atom. The van der Waals surface area contributed by atoms with Crippen LogP contribution in [0, 0.1) is 12.7 Å². The number of halogens is 3. The van der Waals surface area contributed by atoms with Gasteiger partial charge in [0.15, 0.2) is 0 Å². The SMILES string of the molecule is [2H]C([2H])([2H])C1(O)CCOc2c(S(=O)(=O)NC(c3n[nH]c(=O)o3)C(C)c3c(F)ccc(Cl)c3C)ccc(Cl)c21. The van der Waals surface area contributed by atoms with Crippen molar-refractivity contribution in [2.75, 3.05) is 6.61 Å². The average molecular weight is 549 g/mol. The third-order valence-corrected chi connectivity index (χ3v) is 8.03. The van der Waals surface area contributed by atoms with Gasteiger partial charge in [-0.1, -0.05) is 30.1 Å². The monoisotopic (exact) mass is 548 g/mol. The molecule has 0 fully saturated rings. The summed E-state index contributed by atoms with van der Waals surface area (Å²) >= 11 is 12.4. The number of nitrogens with zero attached hydrogens (tertiary/aromatic N) is 1. The van der Waals surface area contributed by atoms with E-state index in [0.29, 0.717) is 5.56 Å². The highest BCUT2D eigenvalue weighted by Crippen LogP contribution is 2.45. The van der Waals surface area contributed by atoms with Crippen LogP contribution in [0.3, 0.4) is 0 Å². The molecule has 0 spiro atoms. The van der Waals surface area contributed by atoms with Gasteiger partial charge in [-0.3, -0.25) is 0 Å². The van der Waals surface area contributed by atoms with Crippen molar-refractivity contribution in [1.82, 2.24) is 14.9 Å². The van der Waals surface area contributed by atoms with Gasteiger partial charge in [0.2, 0.25) is 15.9 Å². The maximum atomic E-state index is 14.9. The first-order chi connectivity index (χ1) is 17.6. The number of H-pyrrole nitrogens is 1. The molecule has 1 aromatic heterocycles. The fraction of sp³-hybridized carbons (Fsp3) is 0.364. The summed E-state index contributed by atoms with van der Waals surface area (Å²) in [5, 5.41) is 16.8. The van der Waals surface area contributed by atoms with Crippen molar-refractivity contribution in [3.63, 3.8) is 0 Å². The van der Waals surface area contributed by atoms with Crippen LogP contribution >= 0.6 is 23.2 Å². The molecule has 3 atom stereocenters. The lowest BCUT2D eigenvalue weighted by molar-refractivity contribution is 0.0135. The summed E-state index contributed by atoms with van der Waals surface area (Å²) in [6.07, 6.45) is -0.363. The lowest BCUT2D eigenvalue weighted by atomic mass is 9.90. The van der Waals surface area contributed by atoms with E-state index in [-0.39, 0.29) is 28.6 Å². The first-order valence-electron chi connectivity index (χ1n) is 11.8. The van der Waals surface area contributed by atoms with Crippen LogP contribution in [0.4, 0.5) is 4.39 Å². The van der Waals surface area contributed by atoms with Crippen LogP contribution in [0.15, 0.2) is 38.4 Å². The largest absolute Gasteiger partial charge is 0.492 e. The lowest BCUT2D eigenvalue weighted by Crippen LogP contribution is -2.35. The topological polar surface area (TPSA) is 135 Å². The number of rotatable bonds is 6. The number of hydrogen-bond acceptors (Lipinski definition) is 7. The van der Waals surface area contributed by atoms with E-state index < -0.39 is 68.1 Å².